The van der Waals surface area contributed by atoms with Crippen molar-refractivity contribution in [3.63, 3.8) is 0 Å². The summed E-state index contributed by atoms with van der Waals surface area (Å²) in [6.45, 7) is 13.6. The minimum absolute atomic E-state index is 0.144. The molecule has 0 saturated carbocycles. The molecule has 1 aliphatic rings. The van der Waals surface area contributed by atoms with Crippen molar-refractivity contribution in [3.8, 4) is 0 Å². The van der Waals surface area contributed by atoms with E-state index < -0.39 is 9.84 Å². The van der Waals surface area contributed by atoms with Crippen molar-refractivity contribution in [1.82, 2.24) is 10.2 Å². The minimum Gasteiger partial charge on any atom is -0.314 e. The van der Waals surface area contributed by atoms with Gasteiger partial charge >= 0.3 is 0 Å². The molecule has 1 heterocycles. The van der Waals surface area contributed by atoms with E-state index in [0.717, 1.165) is 25.9 Å². The molecule has 0 aromatic heterocycles. The van der Waals surface area contributed by atoms with Crippen molar-refractivity contribution >= 4 is 9.84 Å². The van der Waals surface area contributed by atoms with Gasteiger partial charge in [0.2, 0.25) is 0 Å². The zero-order chi connectivity index (χ0) is 15.4. The van der Waals surface area contributed by atoms with E-state index in [1.165, 1.54) is 0 Å². The van der Waals surface area contributed by atoms with Crippen LogP contribution in [0, 0.1) is 5.41 Å². The van der Waals surface area contributed by atoms with Gasteiger partial charge in [-0.15, -0.1) is 0 Å². The minimum atomic E-state index is -2.82. The van der Waals surface area contributed by atoms with Crippen LogP contribution in [-0.4, -0.2) is 56.5 Å². The summed E-state index contributed by atoms with van der Waals surface area (Å²) in [5.41, 5.74) is 0.250. The normalized spacial score (nSPS) is 24.2. The molecule has 1 atom stereocenters. The lowest BCUT2D eigenvalue weighted by molar-refractivity contribution is 0.110. The van der Waals surface area contributed by atoms with Crippen LogP contribution in [0.3, 0.4) is 0 Å². The maximum absolute atomic E-state index is 11.7. The van der Waals surface area contributed by atoms with Crippen LogP contribution >= 0.6 is 0 Å². The summed E-state index contributed by atoms with van der Waals surface area (Å²) in [5.74, 6) is 0.632. The standard InChI is InChI=1S/C15H32N2O2S/c1-6-15(7-2,11-16-13(3)4)12-17-8-9-20(18,19)10-14(17)5/h13-14,16H,6-12H2,1-5H3. The van der Waals surface area contributed by atoms with Crippen molar-refractivity contribution in [3.05, 3.63) is 0 Å². The molecule has 0 amide bonds. The molecule has 1 aliphatic heterocycles. The van der Waals surface area contributed by atoms with Crippen LogP contribution in [0.4, 0.5) is 0 Å². The summed E-state index contributed by atoms with van der Waals surface area (Å²) in [7, 11) is -2.82. The Hall–Kier alpha value is -0.130. The first kappa shape index (κ1) is 17.9. The molecule has 0 aromatic carbocycles. The summed E-state index contributed by atoms with van der Waals surface area (Å²) >= 11 is 0. The molecule has 0 spiro atoms. The van der Waals surface area contributed by atoms with E-state index in [2.05, 4.69) is 37.9 Å². The van der Waals surface area contributed by atoms with Crippen LogP contribution in [0.5, 0.6) is 0 Å². The Morgan fingerprint density at radius 2 is 1.90 bits per heavy atom. The van der Waals surface area contributed by atoms with E-state index in [1.807, 2.05) is 6.92 Å². The van der Waals surface area contributed by atoms with Crippen LogP contribution in [0.1, 0.15) is 47.5 Å². The van der Waals surface area contributed by atoms with E-state index in [-0.39, 0.29) is 11.5 Å². The van der Waals surface area contributed by atoms with Crippen LogP contribution in [-0.2, 0) is 9.84 Å². The molecule has 120 valence electrons. The Bertz CT molecular complexity index is 389. The topological polar surface area (TPSA) is 49.4 Å². The molecule has 20 heavy (non-hydrogen) atoms. The molecule has 1 N–H and O–H groups in total. The van der Waals surface area contributed by atoms with Crippen LogP contribution in [0.25, 0.3) is 0 Å². The molecule has 1 fully saturated rings. The number of nitrogens with one attached hydrogen (secondary N) is 1. The van der Waals surface area contributed by atoms with Gasteiger partial charge in [0.05, 0.1) is 11.5 Å². The summed E-state index contributed by atoms with van der Waals surface area (Å²) < 4.78 is 23.4. The fraction of sp³-hybridized carbons (Fsp3) is 1.00. The van der Waals surface area contributed by atoms with E-state index >= 15 is 0 Å². The summed E-state index contributed by atoms with van der Waals surface area (Å²) in [6, 6.07) is 0.636. The Morgan fingerprint density at radius 1 is 1.30 bits per heavy atom. The summed E-state index contributed by atoms with van der Waals surface area (Å²) in [5, 5.41) is 3.56. The van der Waals surface area contributed by atoms with Gasteiger partial charge in [-0.25, -0.2) is 8.42 Å². The lowest BCUT2D eigenvalue weighted by Gasteiger charge is -2.42. The van der Waals surface area contributed by atoms with Crippen molar-refractivity contribution in [2.24, 2.45) is 5.41 Å². The zero-order valence-electron chi connectivity index (χ0n) is 13.8. The van der Waals surface area contributed by atoms with Crippen LogP contribution in [0.15, 0.2) is 0 Å². The molecular formula is C15H32N2O2S. The first-order chi connectivity index (χ1) is 9.23. The predicted octanol–water partition coefficient (Wildman–Crippen LogP) is 1.91. The highest BCUT2D eigenvalue weighted by Crippen LogP contribution is 2.29. The number of hydrogen-bond donors (Lipinski definition) is 1. The Balaban J connectivity index is 2.70. The van der Waals surface area contributed by atoms with Crippen LogP contribution in [0.2, 0.25) is 0 Å². The van der Waals surface area contributed by atoms with E-state index in [1.54, 1.807) is 0 Å². The molecule has 4 nitrogen and oxygen atoms in total. The molecule has 1 unspecified atom stereocenters. The molecule has 1 saturated heterocycles. The number of sulfone groups is 1. The Morgan fingerprint density at radius 3 is 2.35 bits per heavy atom. The van der Waals surface area contributed by atoms with Crippen molar-refractivity contribution in [1.29, 1.82) is 0 Å². The van der Waals surface area contributed by atoms with Crippen molar-refractivity contribution in [2.45, 2.75) is 59.5 Å². The van der Waals surface area contributed by atoms with Crippen molar-refractivity contribution in [2.75, 3.05) is 31.1 Å². The maximum Gasteiger partial charge on any atom is 0.153 e. The predicted molar refractivity (Wildman–Crippen MR) is 85.8 cm³/mol. The van der Waals surface area contributed by atoms with Gasteiger partial charge in [0.25, 0.3) is 0 Å². The third-order valence-corrected chi connectivity index (χ3v) is 6.53. The Labute approximate surface area is 125 Å². The van der Waals surface area contributed by atoms with Crippen molar-refractivity contribution < 1.29 is 8.42 Å². The van der Waals surface area contributed by atoms with Gasteiger partial charge in [-0.1, -0.05) is 27.7 Å². The summed E-state index contributed by atoms with van der Waals surface area (Å²) in [4.78, 5) is 2.37. The highest BCUT2D eigenvalue weighted by molar-refractivity contribution is 7.91. The third-order valence-electron chi connectivity index (χ3n) is 4.73. The second kappa shape index (κ2) is 7.23. The van der Waals surface area contributed by atoms with Gasteiger partial charge in [0.1, 0.15) is 0 Å². The lowest BCUT2D eigenvalue weighted by Crippen LogP contribution is -2.53. The largest absolute Gasteiger partial charge is 0.314 e. The van der Waals surface area contributed by atoms with Gasteiger partial charge in [-0.3, -0.25) is 4.90 Å². The van der Waals surface area contributed by atoms with E-state index in [0.29, 0.717) is 24.1 Å². The average molecular weight is 305 g/mol. The van der Waals surface area contributed by atoms with E-state index in [4.69, 9.17) is 0 Å². The number of nitrogens with zero attached hydrogens (tertiary/aromatic N) is 1. The highest BCUT2D eigenvalue weighted by atomic mass is 32.2. The number of rotatable bonds is 7. The molecule has 0 radical (unpaired) electrons. The highest BCUT2D eigenvalue weighted by Gasteiger charge is 2.34. The molecule has 0 aliphatic carbocycles. The zero-order valence-corrected chi connectivity index (χ0v) is 14.6. The molecule has 0 aromatic rings. The third kappa shape index (κ3) is 5.01. The SMILES string of the molecule is CCC(CC)(CNC(C)C)CN1CCS(=O)(=O)CC1C. The number of hydrogen-bond acceptors (Lipinski definition) is 4. The molecule has 1 rings (SSSR count). The molecule has 0 bridgehead atoms. The smallest absolute Gasteiger partial charge is 0.153 e. The molecular weight excluding hydrogens is 272 g/mol. The quantitative estimate of drug-likeness (QED) is 0.780. The monoisotopic (exact) mass is 304 g/mol. The second-order valence-electron chi connectivity index (χ2n) is 6.68. The van der Waals surface area contributed by atoms with Crippen LogP contribution < -0.4 is 5.32 Å². The van der Waals surface area contributed by atoms with Gasteiger partial charge in [-0.2, -0.15) is 0 Å². The second-order valence-corrected chi connectivity index (χ2v) is 8.91. The average Bonchev–Trinajstić information content (AvgIpc) is 2.36. The van der Waals surface area contributed by atoms with Gasteiger partial charge < -0.3 is 5.32 Å². The van der Waals surface area contributed by atoms with Gasteiger partial charge in [-0.05, 0) is 25.2 Å². The van der Waals surface area contributed by atoms with Gasteiger partial charge in [0, 0.05) is 31.7 Å². The summed E-state index contributed by atoms with van der Waals surface area (Å²) in [6.07, 6.45) is 2.25. The molecule has 5 heteroatoms. The van der Waals surface area contributed by atoms with E-state index in [9.17, 15) is 8.42 Å². The maximum atomic E-state index is 11.7. The Kier molecular flexibility index (Phi) is 6.48. The fourth-order valence-electron chi connectivity index (χ4n) is 2.90. The fourth-order valence-corrected chi connectivity index (χ4v) is 4.52. The first-order valence-corrected chi connectivity index (χ1v) is 9.73. The first-order valence-electron chi connectivity index (χ1n) is 7.91. The lowest BCUT2D eigenvalue weighted by atomic mass is 9.81. The van der Waals surface area contributed by atoms with Gasteiger partial charge in [0.15, 0.2) is 9.84 Å².